The van der Waals surface area contributed by atoms with Gasteiger partial charge < -0.3 is 14.6 Å². The molecule has 3 rings (SSSR count). The van der Waals surface area contributed by atoms with E-state index in [1.165, 1.54) is 0 Å². The molecule has 2 heterocycles. The number of ether oxygens (including phenoxy) is 1. The number of aryl methyl sites for hydroxylation is 2. The number of amides is 1. The Kier molecular flexibility index (Phi) is 6.53. The van der Waals surface area contributed by atoms with Crippen LogP contribution in [-0.4, -0.2) is 28.6 Å². The zero-order valence-corrected chi connectivity index (χ0v) is 16.9. The van der Waals surface area contributed by atoms with Crippen LogP contribution < -0.4 is 15.5 Å². The Morgan fingerprint density at radius 2 is 2.03 bits per heavy atom. The quantitative estimate of drug-likeness (QED) is 0.657. The van der Waals surface area contributed by atoms with Crippen LogP contribution in [0.15, 0.2) is 47.4 Å². The molecule has 0 fully saturated rings. The number of hydrogen-bond donors (Lipinski definition) is 1. The van der Waals surface area contributed by atoms with Crippen molar-refractivity contribution >= 4 is 28.5 Å². The number of hydrogen-bond acceptors (Lipinski definition) is 4. The second-order valence-corrected chi connectivity index (χ2v) is 6.64. The van der Waals surface area contributed by atoms with Crippen molar-refractivity contribution in [2.75, 3.05) is 13.2 Å². The minimum absolute atomic E-state index is 0.0686. The van der Waals surface area contributed by atoms with Gasteiger partial charge in [0, 0.05) is 18.4 Å². The molecule has 0 aliphatic heterocycles. The lowest BCUT2D eigenvalue weighted by atomic mass is 10.1. The van der Waals surface area contributed by atoms with Crippen LogP contribution in [0, 0.1) is 18.8 Å². The summed E-state index contributed by atoms with van der Waals surface area (Å²) in [6.07, 6.45) is 1.54. The molecule has 6 nitrogen and oxygen atoms in total. The highest BCUT2D eigenvalue weighted by molar-refractivity contribution is 6.32. The Morgan fingerprint density at radius 1 is 1.24 bits per heavy atom. The minimum atomic E-state index is -0.471. The maximum absolute atomic E-state index is 12.7. The Hall–Kier alpha value is -3.30. The van der Waals surface area contributed by atoms with Gasteiger partial charge in [-0.3, -0.25) is 9.59 Å². The highest BCUT2D eigenvalue weighted by Crippen LogP contribution is 2.22. The third-order valence-electron chi connectivity index (χ3n) is 4.24. The van der Waals surface area contributed by atoms with E-state index in [2.05, 4.69) is 22.1 Å². The predicted molar refractivity (Wildman–Crippen MR) is 113 cm³/mol. The zero-order chi connectivity index (χ0) is 20.8. The van der Waals surface area contributed by atoms with Crippen LogP contribution in [0.3, 0.4) is 0 Å². The molecule has 7 heteroatoms. The number of halogens is 1. The first-order chi connectivity index (χ1) is 14.0. The lowest BCUT2D eigenvalue weighted by Gasteiger charge is -2.11. The number of rotatable bonds is 5. The van der Waals surface area contributed by atoms with E-state index in [4.69, 9.17) is 16.3 Å². The van der Waals surface area contributed by atoms with Gasteiger partial charge in [-0.25, -0.2) is 4.98 Å². The molecule has 0 aliphatic carbocycles. The first kappa shape index (κ1) is 20.4. The molecule has 148 valence electrons. The highest BCUT2D eigenvalue weighted by Gasteiger charge is 2.15. The van der Waals surface area contributed by atoms with Gasteiger partial charge >= 0.3 is 0 Å². The SMILES string of the molecule is CCn1cc(C(=O)NCC#CCOc2ccccc2Cl)c(=O)c2ccc(C)nc21. The fourth-order valence-corrected chi connectivity index (χ4v) is 2.96. The van der Waals surface area contributed by atoms with Crippen molar-refractivity contribution < 1.29 is 9.53 Å². The van der Waals surface area contributed by atoms with Crippen molar-refractivity contribution in [2.45, 2.75) is 20.4 Å². The third-order valence-corrected chi connectivity index (χ3v) is 4.56. The van der Waals surface area contributed by atoms with Crippen molar-refractivity contribution in [3.05, 3.63) is 69.1 Å². The van der Waals surface area contributed by atoms with Gasteiger partial charge in [-0.2, -0.15) is 0 Å². The van der Waals surface area contributed by atoms with Gasteiger partial charge in [0.25, 0.3) is 5.91 Å². The molecule has 2 aromatic heterocycles. The van der Waals surface area contributed by atoms with Crippen LogP contribution >= 0.6 is 11.6 Å². The zero-order valence-electron chi connectivity index (χ0n) is 16.2. The van der Waals surface area contributed by atoms with Crippen molar-refractivity contribution in [3.63, 3.8) is 0 Å². The van der Waals surface area contributed by atoms with Gasteiger partial charge in [0.1, 0.15) is 23.6 Å². The van der Waals surface area contributed by atoms with Crippen molar-refractivity contribution in [2.24, 2.45) is 0 Å². The third kappa shape index (κ3) is 4.76. The van der Waals surface area contributed by atoms with Gasteiger partial charge in [-0.05, 0) is 38.1 Å². The molecule has 0 radical (unpaired) electrons. The Morgan fingerprint density at radius 3 is 2.79 bits per heavy atom. The number of carbonyl (C=O) groups is 1. The summed E-state index contributed by atoms with van der Waals surface area (Å²) in [5.74, 6) is 5.68. The number of benzene rings is 1. The van der Waals surface area contributed by atoms with E-state index >= 15 is 0 Å². The lowest BCUT2D eigenvalue weighted by Crippen LogP contribution is -2.30. The molecular weight excluding hydrogens is 390 g/mol. The molecule has 0 atom stereocenters. The smallest absolute Gasteiger partial charge is 0.257 e. The van der Waals surface area contributed by atoms with E-state index in [0.717, 1.165) is 5.69 Å². The van der Waals surface area contributed by atoms with Crippen LogP contribution in [0.1, 0.15) is 23.0 Å². The Balaban J connectivity index is 1.66. The van der Waals surface area contributed by atoms with E-state index in [1.54, 1.807) is 35.0 Å². The van der Waals surface area contributed by atoms with Crippen LogP contribution in [0.2, 0.25) is 5.02 Å². The second kappa shape index (κ2) is 9.26. The van der Waals surface area contributed by atoms with Gasteiger partial charge in [0.15, 0.2) is 0 Å². The van der Waals surface area contributed by atoms with Gasteiger partial charge in [0.2, 0.25) is 5.43 Å². The maximum Gasteiger partial charge on any atom is 0.257 e. The van der Waals surface area contributed by atoms with Crippen LogP contribution in [-0.2, 0) is 6.54 Å². The van der Waals surface area contributed by atoms with E-state index in [0.29, 0.717) is 28.4 Å². The number of para-hydroxylation sites is 1. The normalized spacial score (nSPS) is 10.3. The summed E-state index contributed by atoms with van der Waals surface area (Å²) in [5.41, 5.74) is 1.11. The summed E-state index contributed by atoms with van der Waals surface area (Å²) in [6, 6.07) is 10.6. The summed E-state index contributed by atoms with van der Waals surface area (Å²) < 4.78 is 7.25. The number of carbonyl (C=O) groups excluding carboxylic acids is 1. The van der Waals surface area contributed by atoms with E-state index in [-0.39, 0.29) is 24.1 Å². The van der Waals surface area contributed by atoms with Gasteiger partial charge in [0.05, 0.1) is 17.0 Å². The average molecular weight is 410 g/mol. The maximum atomic E-state index is 12.7. The molecule has 3 aromatic rings. The molecule has 0 aliphatic rings. The molecule has 0 saturated carbocycles. The molecule has 0 unspecified atom stereocenters. The summed E-state index contributed by atoms with van der Waals surface area (Å²) in [5, 5.41) is 3.58. The van der Waals surface area contributed by atoms with Crippen molar-refractivity contribution in [1.82, 2.24) is 14.9 Å². The van der Waals surface area contributed by atoms with Crippen LogP contribution in [0.4, 0.5) is 0 Å². The molecular formula is C22H20ClN3O3. The van der Waals surface area contributed by atoms with E-state index in [9.17, 15) is 9.59 Å². The number of aromatic nitrogens is 2. The summed E-state index contributed by atoms with van der Waals surface area (Å²) in [7, 11) is 0. The van der Waals surface area contributed by atoms with E-state index < -0.39 is 5.91 Å². The standard InChI is InChI=1S/C22H20ClN3O3/c1-3-26-14-17(20(27)16-11-10-15(2)25-21(16)26)22(28)24-12-6-7-13-29-19-9-5-4-8-18(19)23/h4-5,8-11,14H,3,12-13H2,1-2H3,(H,24,28). The molecule has 1 aromatic carbocycles. The average Bonchev–Trinajstić information content (AvgIpc) is 2.72. The van der Waals surface area contributed by atoms with Gasteiger partial charge in [-0.1, -0.05) is 35.6 Å². The summed E-state index contributed by atoms with van der Waals surface area (Å²) >= 11 is 6.00. The van der Waals surface area contributed by atoms with Crippen molar-refractivity contribution in [1.29, 1.82) is 0 Å². The fraction of sp³-hybridized carbons (Fsp3) is 0.227. The number of fused-ring (bicyclic) bond motifs is 1. The first-order valence-electron chi connectivity index (χ1n) is 9.13. The Bertz CT molecular complexity index is 1180. The number of nitrogens with one attached hydrogen (secondary N) is 1. The molecule has 1 N–H and O–H groups in total. The van der Waals surface area contributed by atoms with Gasteiger partial charge in [-0.15, -0.1) is 0 Å². The van der Waals surface area contributed by atoms with Crippen LogP contribution in [0.5, 0.6) is 5.75 Å². The minimum Gasteiger partial charge on any atom is -0.479 e. The molecule has 0 bridgehead atoms. The summed E-state index contributed by atoms with van der Waals surface area (Å²) in [6.45, 7) is 4.62. The molecule has 1 amide bonds. The van der Waals surface area contributed by atoms with Crippen LogP contribution in [0.25, 0.3) is 11.0 Å². The molecule has 0 saturated heterocycles. The fourth-order valence-electron chi connectivity index (χ4n) is 2.77. The lowest BCUT2D eigenvalue weighted by molar-refractivity contribution is 0.0957. The monoisotopic (exact) mass is 409 g/mol. The molecule has 29 heavy (non-hydrogen) atoms. The van der Waals surface area contributed by atoms with E-state index in [1.807, 2.05) is 26.0 Å². The predicted octanol–water partition coefficient (Wildman–Crippen LogP) is 3.19. The highest BCUT2D eigenvalue weighted by atomic mass is 35.5. The topological polar surface area (TPSA) is 73.2 Å². The van der Waals surface area contributed by atoms with Crippen molar-refractivity contribution in [3.8, 4) is 17.6 Å². The summed E-state index contributed by atoms with van der Waals surface area (Å²) in [4.78, 5) is 29.6. The molecule has 0 spiro atoms. The number of pyridine rings is 2. The first-order valence-corrected chi connectivity index (χ1v) is 9.51. The second-order valence-electron chi connectivity index (χ2n) is 6.24. The Labute approximate surface area is 173 Å². The largest absolute Gasteiger partial charge is 0.479 e. The number of nitrogens with zero attached hydrogens (tertiary/aromatic N) is 2.